The highest BCUT2D eigenvalue weighted by atomic mass is 19.3. The van der Waals surface area contributed by atoms with Crippen LogP contribution < -0.4 is 14.8 Å². The Morgan fingerprint density at radius 2 is 1.92 bits per heavy atom. The summed E-state index contributed by atoms with van der Waals surface area (Å²) in [7, 11) is 0. The van der Waals surface area contributed by atoms with Crippen molar-refractivity contribution in [2.45, 2.75) is 51.0 Å². The van der Waals surface area contributed by atoms with Gasteiger partial charge in [-0.25, -0.2) is 0 Å². The van der Waals surface area contributed by atoms with Crippen LogP contribution in [0.15, 0.2) is 79.4 Å². The SMILES string of the molecule is C=C/C=C(\C=C)CNC(=O)C(c1cccc2c1OC(F)(F)O2)N(C=O)C1CC1.CCCc1ccc(O)cc1. The maximum absolute atomic E-state index is 13.6. The molecule has 2 aromatic carbocycles. The number of phenolic OH excluding ortho intramolecular Hbond substituents is 1. The Morgan fingerprint density at radius 1 is 1.21 bits per heavy atom. The molecule has 1 heterocycles. The largest absolute Gasteiger partial charge is 0.586 e. The first kappa shape index (κ1) is 28.4. The molecule has 38 heavy (non-hydrogen) atoms. The molecule has 0 aromatic heterocycles. The van der Waals surface area contributed by atoms with E-state index in [4.69, 9.17) is 5.11 Å². The molecule has 2 N–H and O–H groups in total. The van der Waals surface area contributed by atoms with E-state index in [1.165, 1.54) is 28.7 Å². The maximum Gasteiger partial charge on any atom is 0.586 e. The molecule has 2 aromatic rings. The lowest BCUT2D eigenvalue weighted by molar-refractivity contribution is -0.287. The zero-order chi connectivity index (χ0) is 27.7. The number of aromatic hydroxyl groups is 1. The van der Waals surface area contributed by atoms with Crippen LogP contribution in [-0.2, 0) is 16.0 Å². The molecule has 0 radical (unpaired) electrons. The number of phenols is 1. The van der Waals surface area contributed by atoms with Crippen molar-refractivity contribution >= 4 is 12.3 Å². The number of hydrogen-bond donors (Lipinski definition) is 2. The van der Waals surface area contributed by atoms with E-state index in [0.717, 1.165) is 25.7 Å². The van der Waals surface area contributed by atoms with Crippen molar-refractivity contribution in [3.05, 3.63) is 90.6 Å². The molecular weight excluding hydrogens is 494 g/mol. The fraction of sp³-hybridized carbons (Fsp3) is 0.310. The van der Waals surface area contributed by atoms with E-state index in [0.29, 0.717) is 17.7 Å². The Labute approximate surface area is 221 Å². The fourth-order valence-corrected chi connectivity index (χ4v) is 3.96. The van der Waals surface area contributed by atoms with Gasteiger partial charge < -0.3 is 24.8 Å². The predicted octanol–water partition coefficient (Wildman–Crippen LogP) is 5.43. The van der Waals surface area contributed by atoms with Crippen molar-refractivity contribution in [2.75, 3.05) is 6.54 Å². The van der Waals surface area contributed by atoms with Crippen LogP contribution in [-0.4, -0.2) is 41.2 Å². The number of ether oxygens (including phenoxy) is 2. The van der Waals surface area contributed by atoms with Crippen LogP contribution in [0.25, 0.3) is 0 Å². The molecule has 4 rings (SSSR count). The number of rotatable bonds is 11. The summed E-state index contributed by atoms with van der Waals surface area (Å²) in [5.41, 5.74) is 2.13. The summed E-state index contributed by atoms with van der Waals surface area (Å²) in [6, 6.07) is 10.4. The number of hydrogen-bond acceptors (Lipinski definition) is 5. The van der Waals surface area contributed by atoms with Crippen LogP contribution in [0.1, 0.15) is 43.4 Å². The van der Waals surface area contributed by atoms with Crippen molar-refractivity contribution in [3.63, 3.8) is 0 Å². The molecule has 1 unspecified atom stereocenters. The van der Waals surface area contributed by atoms with E-state index >= 15 is 0 Å². The van der Waals surface area contributed by atoms with Crippen molar-refractivity contribution in [1.82, 2.24) is 10.2 Å². The minimum atomic E-state index is -3.83. The molecule has 1 fully saturated rings. The lowest BCUT2D eigenvalue weighted by Gasteiger charge is -2.28. The van der Waals surface area contributed by atoms with E-state index < -0.39 is 18.2 Å². The first-order valence-corrected chi connectivity index (χ1v) is 12.3. The van der Waals surface area contributed by atoms with Crippen molar-refractivity contribution < 1.29 is 33.0 Å². The number of fused-ring (bicyclic) bond motifs is 1. The van der Waals surface area contributed by atoms with Crippen LogP contribution in [0.4, 0.5) is 8.78 Å². The molecule has 1 saturated carbocycles. The molecule has 0 saturated heterocycles. The predicted molar refractivity (Wildman–Crippen MR) is 140 cm³/mol. The molecule has 0 spiro atoms. The summed E-state index contributed by atoms with van der Waals surface area (Å²) in [5.74, 6) is -0.603. The Hall–Kier alpha value is -4.14. The summed E-state index contributed by atoms with van der Waals surface area (Å²) in [6.07, 6.45) is 5.26. The minimum absolute atomic E-state index is 0.130. The average molecular weight is 527 g/mol. The summed E-state index contributed by atoms with van der Waals surface area (Å²) in [5, 5.41) is 11.6. The van der Waals surface area contributed by atoms with Crippen LogP contribution in [0.5, 0.6) is 17.2 Å². The number of carbonyl (C=O) groups is 2. The molecule has 1 atom stereocenters. The van der Waals surface area contributed by atoms with Gasteiger partial charge in [-0.1, -0.05) is 69.0 Å². The second-order valence-electron chi connectivity index (χ2n) is 8.84. The molecule has 7 nitrogen and oxygen atoms in total. The van der Waals surface area contributed by atoms with Gasteiger partial charge in [0.2, 0.25) is 12.3 Å². The minimum Gasteiger partial charge on any atom is -0.508 e. The Balaban J connectivity index is 0.000000336. The number of nitrogens with one attached hydrogen (secondary N) is 1. The fourth-order valence-electron chi connectivity index (χ4n) is 3.96. The third-order valence-corrected chi connectivity index (χ3v) is 5.93. The maximum atomic E-state index is 13.6. The lowest BCUT2D eigenvalue weighted by atomic mass is 10.0. The van der Waals surface area contributed by atoms with Crippen molar-refractivity contribution in [2.24, 2.45) is 0 Å². The topological polar surface area (TPSA) is 88.1 Å². The molecule has 0 bridgehead atoms. The Kier molecular flexibility index (Phi) is 9.65. The second kappa shape index (κ2) is 12.9. The van der Waals surface area contributed by atoms with Gasteiger partial charge in [0.1, 0.15) is 11.8 Å². The van der Waals surface area contributed by atoms with Gasteiger partial charge >= 0.3 is 6.29 Å². The summed E-state index contributed by atoms with van der Waals surface area (Å²) in [4.78, 5) is 26.0. The number of amides is 2. The monoisotopic (exact) mass is 526 g/mol. The third-order valence-electron chi connectivity index (χ3n) is 5.93. The van der Waals surface area contributed by atoms with E-state index in [1.807, 2.05) is 12.1 Å². The molecule has 202 valence electrons. The van der Waals surface area contributed by atoms with E-state index in [2.05, 4.69) is 34.9 Å². The van der Waals surface area contributed by atoms with E-state index in [-0.39, 0.29) is 29.6 Å². The lowest BCUT2D eigenvalue weighted by Crippen LogP contribution is -2.42. The highest BCUT2D eigenvalue weighted by molar-refractivity contribution is 5.86. The van der Waals surface area contributed by atoms with Crippen molar-refractivity contribution in [3.8, 4) is 17.2 Å². The highest BCUT2D eigenvalue weighted by Crippen LogP contribution is 2.47. The number of aryl methyl sites for hydroxylation is 1. The highest BCUT2D eigenvalue weighted by Gasteiger charge is 2.47. The number of carbonyl (C=O) groups excluding carboxylic acids is 2. The normalized spacial score (nSPS) is 15.9. The number of halogens is 2. The smallest absolute Gasteiger partial charge is 0.508 e. The standard InChI is InChI=1S/C20H20F2N2O4.C9H12O/c1-3-6-13(4-2)11-23-19(26)17(24(12-25)14-9-10-14)15-7-5-8-16-18(15)28-20(21,22)27-16;1-2-3-8-4-6-9(10)7-5-8/h3-8,12,14,17H,1-2,9-11H2,(H,23,26);4-7,10H,2-3H2,1H3/b13-6+;. The van der Waals surface area contributed by atoms with Crippen LogP contribution in [0.2, 0.25) is 0 Å². The molecule has 1 aliphatic heterocycles. The Morgan fingerprint density at radius 3 is 2.50 bits per heavy atom. The summed E-state index contributed by atoms with van der Waals surface area (Å²) >= 11 is 0. The molecular formula is C29H32F2N2O5. The number of alkyl halides is 2. The van der Waals surface area contributed by atoms with Gasteiger partial charge in [0.05, 0.1) is 0 Å². The van der Waals surface area contributed by atoms with E-state index in [1.54, 1.807) is 30.4 Å². The van der Waals surface area contributed by atoms with Crippen LogP contribution >= 0.6 is 0 Å². The van der Waals surface area contributed by atoms with Crippen LogP contribution in [0, 0.1) is 0 Å². The summed E-state index contributed by atoms with van der Waals surface area (Å²) in [6.45, 7) is 9.54. The van der Waals surface area contributed by atoms with Gasteiger partial charge in [-0.15, -0.1) is 8.78 Å². The van der Waals surface area contributed by atoms with Gasteiger partial charge in [0.15, 0.2) is 11.5 Å². The van der Waals surface area contributed by atoms with Crippen LogP contribution in [0.3, 0.4) is 0 Å². The van der Waals surface area contributed by atoms with E-state index in [9.17, 15) is 18.4 Å². The average Bonchev–Trinajstić information content (AvgIpc) is 3.67. The quantitative estimate of drug-likeness (QED) is 0.301. The first-order chi connectivity index (χ1) is 18.2. The zero-order valence-electron chi connectivity index (χ0n) is 21.2. The Bertz CT molecular complexity index is 1180. The first-order valence-electron chi connectivity index (χ1n) is 12.3. The second-order valence-corrected chi connectivity index (χ2v) is 8.84. The molecule has 1 aliphatic carbocycles. The van der Waals surface area contributed by atoms with Gasteiger partial charge in [0, 0.05) is 18.2 Å². The van der Waals surface area contributed by atoms with Crippen molar-refractivity contribution in [1.29, 1.82) is 0 Å². The van der Waals surface area contributed by atoms with Gasteiger partial charge in [-0.05, 0) is 48.6 Å². The summed E-state index contributed by atoms with van der Waals surface area (Å²) < 4.78 is 36.2. The number of benzene rings is 2. The molecule has 2 amide bonds. The third kappa shape index (κ3) is 7.44. The zero-order valence-corrected chi connectivity index (χ0v) is 21.2. The number of allylic oxidation sites excluding steroid dienone is 2. The van der Waals surface area contributed by atoms with Gasteiger partial charge in [0.25, 0.3) is 0 Å². The van der Waals surface area contributed by atoms with Gasteiger partial charge in [-0.2, -0.15) is 0 Å². The molecule has 2 aliphatic rings. The number of para-hydroxylation sites is 1. The van der Waals surface area contributed by atoms with Gasteiger partial charge in [-0.3, -0.25) is 9.59 Å². The molecule has 9 heteroatoms. The number of nitrogens with zero attached hydrogens (tertiary/aromatic N) is 1.